The Morgan fingerprint density at radius 3 is 2.75 bits per heavy atom. The second-order valence-electron chi connectivity index (χ2n) is 3.09. The average Bonchev–Trinajstić information content (AvgIpc) is 2.59. The topological polar surface area (TPSA) is 41.1 Å². The fraction of sp³-hybridized carbons (Fsp3) is 0.500. The maximum atomic E-state index is 11.4. The van der Waals surface area contributed by atoms with Gasteiger partial charge in [0.1, 0.15) is 0 Å². The van der Waals surface area contributed by atoms with Crippen molar-refractivity contribution >= 4 is 45.6 Å². The molecule has 0 unspecified atom stereocenters. The maximum absolute atomic E-state index is 11.4. The third-order valence-corrected chi connectivity index (χ3v) is 3.46. The number of hydrogen-bond acceptors (Lipinski definition) is 3. The van der Waals surface area contributed by atoms with Gasteiger partial charge in [0.05, 0.1) is 10.2 Å². The molecule has 0 saturated heterocycles. The summed E-state index contributed by atoms with van der Waals surface area (Å²) in [6.07, 6.45) is 0.475. The summed E-state index contributed by atoms with van der Waals surface area (Å²) >= 11 is 4.97. The van der Waals surface area contributed by atoms with Crippen LogP contribution in [0.25, 0.3) is 0 Å². The summed E-state index contributed by atoms with van der Waals surface area (Å²) in [5, 5.41) is 6.02. The van der Waals surface area contributed by atoms with Crippen LogP contribution >= 0.6 is 39.7 Å². The second-order valence-corrected chi connectivity index (χ2v) is 5.63. The second kappa shape index (κ2) is 8.98. The molecular formula is C10H16BrClN2OS. The molecule has 0 radical (unpaired) electrons. The zero-order valence-electron chi connectivity index (χ0n) is 9.09. The molecule has 0 fully saturated rings. The minimum Gasteiger partial charge on any atom is -0.355 e. The van der Waals surface area contributed by atoms with E-state index in [1.807, 2.05) is 19.1 Å². The van der Waals surface area contributed by atoms with Crippen LogP contribution in [0.4, 0.5) is 0 Å². The van der Waals surface area contributed by atoms with Gasteiger partial charge in [0, 0.05) is 18.0 Å². The van der Waals surface area contributed by atoms with Gasteiger partial charge in [0.2, 0.25) is 5.91 Å². The van der Waals surface area contributed by atoms with Gasteiger partial charge < -0.3 is 10.6 Å². The van der Waals surface area contributed by atoms with E-state index in [1.165, 1.54) is 0 Å². The summed E-state index contributed by atoms with van der Waals surface area (Å²) in [5.74, 6) is 0.0854. The zero-order chi connectivity index (χ0) is 11.1. The number of likely N-dealkylation sites (N-methyl/N-ethyl adjacent to an activating group) is 1. The quantitative estimate of drug-likeness (QED) is 0.787. The number of amides is 1. The highest BCUT2D eigenvalue weighted by Gasteiger charge is 2.04. The van der Waals surface area contributed by atoms with Crippen LogP contribution in [0.3, 0.4) is 0 Å². The van der Waals surface area contributed by atoms with E-state index in [-0.39, 0.29) is 18.3 Å². The molecule has 1 aromatic heterocycles. The molecule has 2 N–H and O–H groups in total. The van der Waals surface area contributed by atoms with Crippen molar-refractivity contribution < 1.29 is 4.79 Å². The average molecular weight is 328 g/mol. The first kappa shape index (κ1) is 15.9. The lowest BCUT2D eigenvalue weighted by molar-refractivity contribution is -0.120. The predicted molar refractivity (Wildman–Crippen MR) is 74.5 cm³/mol. The Morgan fingerprint density at radius 1 is 1.44 bits per heavy atom. The van der Waals surface area contributed by atoms with Gasteiger partial charge in [0.25, 0.3) is 0 Å². The third kappa shape index (κ3) is 6.48. The fourth-order valence-electron chi connectivity index (χ4n) is 1.13. The van der Waals surface area contributed by atoms with E-state index < -0.39 is 0 Å². The lowest BCUT2D eigenvalue weighted by atomic mass is 10.3. The Balaban J connectivity index is 0.00000225. The van der Waals surface area contributed by atoms with Crippen LogP contribution in [0.1, 0.15) is 11.8 Å². The first-order valence-corrected chi connectivity index (χ1v) is 6.55. The molecule has 0 aliphatic heterocycles. The summed E-state index contributed by atoms with van der Waals surface area (Å²) in [7, 11) is 0. The Labute approximate surface area is 115 Å². The van der Waals surface area contributed by atoms with Crippen molar-refractivity contribution in [1.82, 2.24) is 10.6 Å². The Bertz CT molecular complexity index is 320. The number of carbonyl (C=O) groups is 1. The molecule has 0 atom stereocenters. The van der Waals surface area contributed by atoms with Gasteiger partial charge in [-0.05, 0) is 34.6 Å². The number of halogens is 2. The predicted octanol–water partition coefficient (Wildman–Crippen LogP) is 2.20. The fourth-order valence-corrected chi connectivity index (χ4v) is 2.62. The summed E-state index contributed by atoms with van der Waals surface area (Å²) < 4.78 is 1.07. The largest absolute Gasteiger partial charge is 0.355 e. The lowest BCUT2D eigenvalue weighted by Gasteiger charge is -2.04. The van der Waals surface area contributed by atoms with Crippen molar-refractivity contribution in [2.75, 3.05) is 19.6 Å². The summed E-state index contributed by atoms with van der Waals surface area (Å²) in [6.45, 7) is 4.51. The number of hydrogen-bond donors (Lipinski definition) is 2. The van der Waals surface area contributed by atoms with Gasteiger partial charge >= 0.3 is 0 Å². The van der Waals surface area contributed by atoms with E-state index in [0.29, 0.717) is 13.0 Å². The van der Waals surface area contributed by atoms with Crippen LogP contribution in [0.5, 0.6) is 0 Å². The first-order chi connectivity index (χ1) is 7.22. The minimum atomic E-state index is 0. The van der Waals surface area contributed by atoms with E-state index in [4.69, 9.17) is 0 Å². The SMILES string of the molecule is CCNCCNC(=O)Cc1ccc(Br)s1.Cl. The highest BCUT2D eigenvalue weighted by atomic mass is 79.9. The van der Waals surface area contributed by atoms with Crippen LogP contribution in [0.15, 0.2) is 15.9 Å². The van der Waals surface area contributed by atoms with E-state index in [0.717, 1.165) is 21.8 Å². The first-order valence-electron chi connectivity index (χ1n) is 4.94. The summed E-state index contributed by atoms with van der Waals surface area (Å²) in [6, 6.07) is 3.94. The molecule has 0 bridgehead atoms. The van der Waals surface area contributed by atoms with Crippen molar-refractivity contribution in [3.63, 3.8) is 0 Å². The van der Waals surface area contributed by atoms with Crippen LogP contribution in [-0.2, 0) is 11.2 Å². The molecule has 6 heteroatoms. The summed E-state index contributed by atoms with van der Waals surface area (Å²) in [4.78, 5) is 12.5. The highest BCUT2D eigenvalue weighted by molar-refractivity contribution is 9.11. The summed E-state index contributed by atoms with van der Waals surface area (Å²) in [5.41, 5.74) is 0. The van der Waals surface area contributed by atoms with Gasteiger partial charge in [-0.3, -0.25) is 4.79 Å². The van der Waals surface area contributed by atoms with Crippen molar-refractivity contribution in [1.29, 1.82) is 0 Å². The van der Waals surface area contributed by atoms with Gasteiger partial charge in [-0.15, -0.1) is 23.7 Å². The van der Waals surface area contributed by atoms with Crippen LogP contribution in [-0.4, -0.2) is 25.5 Å². The lowest BCUT2D eigenvalue weighted by Crippen LogP contribution is -2.32. The van der Waals surface area contributed by atoms with Crippen LogP contribution < -0.4 is 10.6 Å². The van der Waals surface area contributed by atoms with Crippen molar-refractivity contribution in [2.24, 2.45) is 0 Å². The molecule has 92 valence electrons. The number of carbonyl (C=O) groups excluding carboxylic acids is 1. The molecule has 16 heavy (non-hydrogen) atoms. The molecule has 0 spiro atoms. The van der Waals surface area contributed by atoms with E-state index in [2.05, 4.69) is 26.6 Å². The molecule has 0 aromatic carbocycles. The van der Waals surface area contributed by atoms with Gasteiger partial charge in [-0.25, -0.2) is 0 Å². The standard InChI is InChI=1S/C10H15BrN2OS.ClH/c1-2-12-5-6-13-10(14)7-8-3-4-9(11)15-8;/h3-4,12H,2,5-7H2,1H3,(H,13,14);1H. The van der Waals surface area contributed by atoms with Gasteiger partial charge in [-0.1, -0.05) is 6.92 Å². The Hall–Kier alpha value is -0.100. The molecule has 0 saturated carbocycles. The zero-order valence-corrected chi connectivity index (χ0v) is 12.3. The normalized spacial score (nSPS) is 9.62. The highest BCUT2D eigenvalue weighted by Crippen LogP contribution is 2.22. The third-order valence-electron chi connectivity index (χ3n) is 1.84. The Morgan fingerprint density at radius 2 is 2.19 bits per heavy atom. The minimum absolute atomic E-state index is 0. The number of thiophene rings is 1. The van der Waals surface area contributed by atoms with E-state index >= 15 is 0 Å². The Kier molecular flexibility index (Phi) is 8.93. The number of rotatable bonds is 6. The molecule has 0 aliphatic carbocycles. The monoisotopic (exact) mass is 326 g/mol. The number of nitrogens with one attached hydrogen (secondary N) is 2. The van der Waals surface area contributed by atoms with Crippen molar-refractivity contribution in [2.45, 2.75) is 13.3 Å². The van der Waals surface area contributed by atoms with Crippen molar-refractivity contribution in [3.8, 4) is 0 Å². The molecule has 1 rings (SSSR count). The molecular weight excluding hydrogens is 312 g/mol. The van der Waals surface area contributed by atoms with Gasteiger partial charge in [0.15, 0.2) is 0 Å². The van der Waals surface area contributed by atoms with E-state index in [1.54, 1.807) is 11.3 Å². The van der Waals surface area contributed by atoms with E-state index in [9.17, 15) is 4.79 Å². The molecule has 3 nitrogen and oxygen atoms in total. The van der Waals surface area contributed by atoms with Crippen LogP contribution in [0.2, 0.25) is 0 Å². The maximum Gasteiger partial charge on any atom is 0.225 e. The molecule has 0 aliphatic rings. The van der Waals surface area contributed by atoms with Crippen molar-refractivity contribution in [3.05, 3.63) is 20.8 Å². The van der Waals surface area contributed by atoms with Gasteiger partial charge in [-0.2, -0.15) is 0 Å². The van der Waals surface area contributed by atoms with Crippen LogP contribution in [0, 0.1) is 0 Å². The molecule has 1 aromatic rings. The molecule has 1 heterocycles. The molecule has 1 amide bonds. The smallest absolute Gasteiger partial charge is 0.225 e.